The van der Waals surface area contributed by atoms with Gasteiger partial charge in [-0.1, -0.05) is 18.2 Å². The van der Waals surface area contributed by atoms with Crippen LogP contribution < -0.4 is 10.6 Å². The van der Waals surface area contributed by atoms with Gasteiger partial charge in [0.05, 0.1) is 6.10 Å². The number of likely N-dealkylation sites (N-methyl/N-ethyl adjacent to an activating group) is 1. The van der Waals surface area contributed by atoms with E-state index in [0.29, 0.717) is 6.54 Å². The Balaban J connectivity index is 2.15. The van der Waals surface area contributed by atoms with E-state index in [-0.39, 0.29) is 0 Å². The third-order valence-corrected chi connectivity index (χ3v) is 3.24. The van der Waals surface area contributed by atoms with Gasteiger partial charge in [0.1, 0.15) is 6.10 Å². The van der Waals surface area contributed by atoms with Crippen LogP contribution in [0.4, 0.5) is 0 Å². The van der Waals surface area contributed by atoms with Crippen molar-refractivity contribution in [2.24, 2.45) is 0 Å². The molecule has 0 aliphatic carbocycles. The molecule has 4 N–H and O–H groups in total. The van der Waals surface area contributed by atoms with E-state index in [4.69, 9.17) is 0 Å². The Hall–Kier alpha value is -0.940. The van der Waals surface area contributed by atoms with E-state index in [2.05, 4.69) is 16.7 Å². The van der Waals surface area contributed by atoms with E-state index in [1.165, 1.54) is 11.1 Å². The highest BCUT2D eigenvalue weighted by atomic mass is 16.3. The van der Waals surface area contributed by atoms with Crippen LogP contribution in [0.25, 0.3) is 0 Å². The lowest BCUT2D eigenvalue weighted by Crippen LogP contribution is -2.30. The van der Waals surface area contributed by atoms with E-state index in [1.807, 2.05) is 12.1 Å². The number of rotatable bonds is 4. The van der Waals surface area contributed by atoms with Crippen molar-refractivity contribution in [3.63, 3.8) is 0 Å². The molecule has 1 aromatic rings. The van der Waals surface area contributed by atoms with Crippen molar-refractivity contribution >= 4 is 0 Å². The molecule has 2 unspecified atom stereocenters. The van der Waals surface area contributed by atoms with Gasteiger partial charge in [0.25, 0.3) is 0 Å². The first kappa shape index (κ1) is 12.5. The second-order valence-corrected chi connectivity index (χ2v) is 4.52. The minimum Gasteiger partial charge on any atom is -0.389 e. The van der Waals surface area contributed by atoms with Crippen LogP contribution in [0.2, 0.25) is 0 Å². The smallest absolute Gasteiger partial charge is 0.106 e. The second-order valence-electron chi connectivity index (χ2n) is 4.52. The van der Waals surface area contributed by atoms with E-state index in [0.717, 1.165) is 25.1 Å². The fourth-order valence-corrected chi connectivity index (χ4v) is 2.23. The third kappa shape index (κ3) is 2.84. The molecule has 0 bridgehead atoms. The van der Waals surface area contributed by atoms with Gasteiger partial charge in [0, 0.05) is 13.1 Å². The summed E-state index contributed by atoms with van der Waals surface area (Å²) >= 11 is 0. The Kier molecular flexibility index (Phi) is 4.12. The standard InChI is InChI=1S/C13H20N2O2/c1-14-8-12(16)13(17)10-3-2-9-4-5-15-7-11(9)6-10/h2-3,6,12-17H,4-5,7-8H2,1H3. The molecule has 1 heterocycles. The Bertz CT molecular complexity index is 382. The summed E-state index contributed by atoms with van der Waals surface area (Å²) in [5.41, 5.74) is 3.35. The van der Waals surface area contributed by atoms with Crippen LogP contribution in [-0.2, 0) is 13.0 Å². The van der Waals surface area contributed by atoms with Crippen LogP contribution in [0, 0.1) is 0 Å². The van der Waals surface area contributed by atoms with Gasteiger partial charge in [-0.2, -0.15) is 0 Å². The lowest BCUT2D eigenvalue weighted by molar-refractivity contribution is 0.0202. The fourth-order valence-electron chi connectivity index (χ4n) is 2.23. The van der Waals surface area contributed by atoms with Crippen LogP contribution in [0.15, 0.2) is 18.2 Å². The molecule has 0 aromatic heterocycles. The van der Waals surface area contributed by atoms with E-state index >= 15 is 0 Å². The van der Waals surface area contributed by atoms with Gasteiger partial charge >= 0.3 is 0 Å². The van der Waals surface area contributed by atoms with Crippen molar-refractivity contribution in [1.29, 1.82) is 0 Å². The summed E-state index contributed by atoms with van der Waals surface area (Å²) < 4.78 is 0. The van der Waals surface area contributed by atoms with E-state index in [1.54, 1.807) is 7.05 Å². The molecule has 0 saturated carbocycles. The molecule has 2 atom stereocenters. The van der Waals surface area contributed by atoms with Gasteiger partial charge in [0.15, 0.2) is 0 Å². The molecule has 1 aliphatic heterocycles. The summed E-state index contributed by atoms with van der Waals surface area (Å²) in [5.74, 6) is 0. The Labute approximate surface area is 102 Å². The average molecular weight is 236 g/mol. The molecular formula is C13H20N2O2. The third-order valence-electron chi connectivity index (χ3n) is 3.24. The topological polar surface area (TPSA) is 64.5 Å². The summed E-state index contributed by atoms with van der Waals surface area (Å²) in [6.07, 6.45) is -0.561. The first-order chi connectivity index (χ1) is 8.22. The lowest BCUT2D eigenvalue weighted by Gasteiger charge is -2.22. The molecule has 0 spiro atoms. The second kappa shape index (κ2) is 5.60. The van der Waals surface area contributed by atoms with Crippen LogP contribution in [-0.4, -0.2) is 36.5 Å². The molecule has 94 valence electrons. The average Bonchev–Trinajstić information content (AvgIpc) is 2.37. The van der Waals surface area contributed by atoms with Crippen molar-refractivity contribution in [2.75, 3.05) is 20.1 Å². The Morgan fingerprint density at radius 3 is 2.94 bits per heavy atom. The van der Waals surface area contributed by atoms with Gasteiger partial charge in [-0.05, 0) is 36.7 Å². The highest BCUT2D eigenvalue weighted by Gasteiger charge is 2.19. The first-order valence-corrected chi connectivity index (χ1v) is 6.05. The molecule has 0 saturated heterocycles. The highest BCUT2D eigenvalue weighted by Crippen LogP contribution is 2.22. The van der Waals surface area contributed by atoms with Gasteiger partial charge in [-0.15, -0.1) is 0 Å². The van der Waals surface area contributed by atoms with Crippen molar-refractivity contribution in [3.8, 4) is 0 Å². The molecule has 4 heteroatoms. The van der Waals surface area contributed by atoms with Gasteiger partial charge in [0.2, 0.25) is 0 Å². The summed E-state index contributed by atoms with van der Waals surface area (Å²) in [6, 6.07) is 5.96. The zero-order valence-corrected chi connectivity index (χ0v) is 10.1. The number of fused-ring (bicyclic) bond motifs is 1. The number of benzene rings is 1. The Morgan fingerprint density at radius 2 is 2.18 bits per heavy atom. The van der Waals surface area contributed by atoms with Gasteiger partial charge < -0.3 is 20.8 Å². The van der Waals surface area contributed by atoms with Crippen molar-refractivity contribution < 1.29 is 10.2 Å². The maximum Gasteiger partial charge on any atom is 0.106 e. The summed E-state index contributed by atoms with van der Waals surface area (Å²) in [5, 5.41) is 25.9. The maximum absolute atomic E-state index is 10.0. The van der Waals surface area contributed by atoms with Crippen molar-refractivity contribution in [3.05, 3.63) is 34.9 Å². The van der Waals surface area contributed by atoms with Crippen LogP contribution in [0.3, 0.4) is 0 Å². The van der Waals surface area contributed by atoms with Crippen LogP contribution >= 0.6 is 0 Å². The molecule has 1 aliphatic rings. The SMILES string of the molecule is CNCC(O)C(O)c1ccc2c(c1)CNCC2. The largest absolute Gasteiger partial charge is 0.389 e. The zero-order valence-electron chi connectivity index (χ0n) is 10.1. The molecule has 0 radical (unpaired) electrons. The highest BCUT2D eigenvalue weighted by molar-refractivity contribution is 5.35. The number of hydrogen-bond donors (Lipinski definition) is 4. The first-order valence-electron chi connectivity index (χ1n) is 6.05. The van der Waals surface area contributed by atoms with Crippen LogP contribution in [0.1, 0.15) is 22.8 Å². The molecule has 2 rings (SSSR count). The monoisotopic (exact) mass is 236 g/mol. The van der Waals surface area contributed by atoms with Gasteiger partial charge in [-0.25, -0.2) is 0 Å². The molecule has 1 aromatic carbocycles. The molecule has 4 nitrogen and oxygen atoms in total. The Morgan fingerprint density at radius 1 is 1.35 bits per heavy atom. The minimum absolute atomic E-state index is 0.385. The predicted octanol–water partition coefficient (Wildman–Crippen LogP) is -0.0540. The summed E-state index contributed by atoms with van der Waals surface area (Å²) in [6.45, 7) is 2.24. The minimum atomic E-state index is -0.824. The fraction of sp³-hybridized carbons (Fsp3) is 0.538. The number of hydrogen-bond acceptors (Lipinski definition) is 4. The number of aliphatic hydroxyl groups excluding tert-OH is 2. The number of aliphatic hydroxyl groups is 2. The van der Waals surface area contributed by atoms with Gasteiger partial charge in [-0.3, -0.25) is 0 Å². The quantitative estimate of drug-likeness (QED) is 0.592. The van der Waals surface area contributed by atoms with Crippen molar-refractivity contribution in [1.82, 2.24) is 10.6 Å². The predicted molar refractivity (Wildman–Crippen MR) is 66.7 cm³/mol. The zero-order chi connectivity index (χ0) is 12.3. The van der Waals surface area contributed by atoms with E-state index in [9.17, 15) is 10.2 Å². The lowest BCUT2D eigenvalue weighted by atomic mass is 9.95. The number of nitrogens with one attached hydrogen (secondary N) is 2. The molecule has 17 heavy (non-hydrogen) atoms. The summed E-state index contributed by atoms with van der Waals surface area (Å²) in [4.78, 5) is 0. The molecule has 0 amide bonds. The normalized spacial score (nSPS) is 18.5. The van der Waals surface area contributed by atoms with Crippen molar-refractivity contribution in [2.45, 2.75) is 25.2 Å². The molecule has 0 fully saturated rings. The molecular weight excluding hydrogens is 216 g/mol. The van der Waals surface area contributed by atoms with E-state index < -0.39 is 12.2 Å². The maximum atomic E-state index is 10.0. The summed E-state index contributed by atoms with van der Waals surface area (Å²) in [7, 11) is 1.76. The van der Waals surface area contributed by atoms with Crippen LogP contribution in [0.5, 0.6) is 0 Å².